The molecule has 5 nitrogen and oxygen atoms in total. The van der Waals surface area contributed by atoms with Gasteiger partial charge >= 0.3 is 0 Å². The van der Waals surface area contributed by atoms with E-state index in [1.807, 2.05) is 6.08 Å². The van der Waals surface area contributed by atoms with Crippen molar-refractivity contribution < 1.29 is 22.2 Å². The quantitative estimate of drug-likeness (QED) is 0.430. The van der Waals surface area contributed by atoms with Crippen LogP contribution in [0, 0.1) is 34.5 Å². The largest absolute Gasteiger partial charge is 0.297 e. The number of allylic oxidation sites excluding steroid dienone is 1. The second kappa shape index (κ2) is 8.67. The number of Topliss-reactive ketones (excluding diaryl/α,β-unsaturated/α-hetero) is 1. The maximum atomic E-state index is 13.3. The van der Waals surface area contributed by atoms with Crippen LogP contribution in [0.25, 0.3) is 0 Å². The molecule has 6 atom stereocenters. The molecule has 0 spiro atoms. The van der Waals surface area contributed by atoms with E-state index >= 15 is 0 Å². The number of rotatable bonds is 5. The number of ketones is 2. The van der Waals surface area contributed by atoms with Gasteiger partial charge in [-0.25, -0.2) is 0 Å². The molecule has 0 heterocycles. The third-order valence-electron chi connectivity index (χ3n) is 9.81. The molecule has 1 aromatic rings. The number of halogens is 1. The normalized spacial score (nSPS) is 37.4. The number of hydrogen-bond donors (Lipinski definition) is 0. The van der Waals surface area contributed by atoms with Gasteiger partial charge in [-0.1, -0.05) is 35.4 Å². The summed E-state index contributed by atoms with van der Waals surface area (Å²) in [5.74, 6) is 1.64. The van der Waals surface area contributed by atoms with Gasteiger partial charge in [0, 0.05) is 16.8 Å². The Kier molecular flexibility index (Phi) is 6.22. The molecular formula is C27H33BrO5S. The Bertz CT molecular complexity index is 1140. The van der Waals surface area contributed by atoms with Crippen molar-refractivity contribution in [1.29, 1.82) is 0 Å². The molecule has 6 unspecified atom stereocenters. The molecule has 3 saturated carbocycles. The molecule has 0 N–H and O–H groups in total. The van der Waals surface area contributed by atoms with Crippen molar-refractivity contribution in [2.75, 3.05) is 6.61 Å². The Morgan fingerprint density at radius 1 is 1.03 bits per heavy atom. The minimum Gasteiger partial charge on any atom is -0.297 e. The van der Waals surface area contributed by atoms with E-state index in [9.17, 15) is 18.0 Å². The summed E-state index contributed by atoms with van der Waals surface area (Å²) in [7, 11) is -3.97. The van der Waals surface area contributed by atoms with Crippen molar-refractivity contribution in [3.63, 3.8) is 0 Å². The van der Waals surface area contributed by atoms with Gasteiger partial charge in [0.2, 0.25) is 0 Å². The molecule has 4 aliphatic carbocycles. The standard InChI is InChI=1S/C27H33BrO5S/c1-26-13-11-19(29)15-17(26)3-8-21-22-9-10-24(27(22,2)14-12-23(21)26)25(30)16-33-34(31,32)20-6-4-18(28)5-7-20/h4-7,15,21-24H,3,8-14,16H2,1-2H3. The van der Waals surface area contributed by atoms with E-state index in [2.05, 4.69) is 29.8 Å². The fourth-order valence-electron chi connectivity index (χ4n) is 7.99. The molecule has 7 heteroatoms. The summed E-state index contributed by atoms with van der Waals surface area (Å²) in [5.41, 5.74) is 1.36. The van der Waals surface area contributed by atoms with Gasteiger partial charge < -0.3 is 0 Å². The van der Waals surface area contributed by atoms with Crippen molar-refractivity contribution in [2.24, 2.45) is 34.5 Å². The molecule has 0 bridgehead atoms. The van der Waals surface area contributed by atoms with E-state index in [0.29, 0.717) is 24.2 Å². The number of carbonyl (C=O) groups is 2. The van der Waals surface area contributed by atoms with Crippen molar-refractivity contribution in [2.45, 2.75) is 70.1 Å². The lowest BCUT2D eigenvalue weighted by Crippen LogP contribution is -2.51. The van der Waals surface area contributed by atoms with E-state index in [0.717, 1.165) is 49.4 Å². The minimum atomic E-state index is -3.97. The first-order valence-corrected chi connectivity index (χ1v) is 14.7. The first kappa shape index (κ1) is 24.4. The number of carbonyl (C=O) groups excluding carboxylic acids is 2. The molecule has 5 rings (SSSR count). The smallest absolute Gasteiger partial charge is 0.297 e. The number of benzene rings is 1. The van der Waals surface area contributed by atoms with Crippen molar-refractivity contribution in [3.05, 3.63) is 40.4 Å². The molecular weight excluding hydrogens is 516 g/mol. The Morgan fingerprint density at radius 2 is 1.76 bits per heavy atom. The Balaban J connectivity index is 1.30. The average Bonchev–Trinajstić information content (AvgIpc) is 3.15. The van der Waals surface area contributed by atoms with E-state index < -0.39 is 16.7 Å². The van der Waals surface area contributed by atoms with Crippen LogP contribution >= 0.6 is 15.9 Å². The SMILES string of the molecule is CC12CCC(=O)C=C1CCC1C2CCC2(C)C(C(=O)COS(=O)(=O)c3ccc(Br)cc3)CCC12. The van der Waals surface area contributed by atoms with E-state index in [1.54, 1.807) is 12.1 Å². The fraction of sp³-hybridized carbons (Fsp3) is 0.630. The zero-order valence-corrected chi connectivity index (χ0v) is 22.3. The highest BCUT2D eigenvalue weighted by Crippen LogP contribution is 2.66. The van der Waals surface area contributed by atoms with Gasteiger partial charge in [0.15, 0.2) is 11.6 Å². The van der Waals surface area contributed by atoms with Crippen molar-refractivity contribution >= 4 is 37.6 Å². The third kappa shape index (κ3) is 3.96. The Labute approximate surface area is 211 Å². The van der Waals surface area contributed by atoms with E-state index in [1.165, 1.54) is 17.7 Å². The molecule has 0 radical (unpaired) electrons. The molecule has 4 aliphatic rings. The van der Waals surface area contributed by atoms with Crippen LogP contribution in [-0.4, -0.2) is 26.6 Å². The van der Waals surface area contributed by atoms with Gasteiger partial charge in [0.25, 0.3) is 10.1 Å². The van der Waals surface area contributed by atoms with Gasteiger partial charge in [0.05, 0.1) is 4.90 Å². The average molecular weight is 550 g/mol. The molecule has 184 valence electrons. The lowest BCUT2D eigenvalue weighted by molar-refractivity contribution is -0.132. The zero-order chi connectivity index (χ0) is 24.3. The highest BCUT2D eigenvalue weighted by Gasteiger charge is 2.60. The van der Waals surface area contributed by atoms with E-state index in [-0.39, 0.29) is 33.2 Å². The lowest BCUT2D eigenvalue weighted by atomic mass is 9.46. The minimum absolute atomic E-state index is 0.0600. The molecule has 3 fully saturated rings. The summed E-state index contributed by atoms with van der Waals surface area (Å²) in [4.78, 5) is 25.4. The zero-order valence-electron chi connectivity index (χ0n) is 19.9. The predicted octanol–water partition coefficient (Wildman–Crippen LogP) is 5.87. The molecule has 0 aliphatic heterocycles. The summed E-state index contributed by atoms with van der Waals surface area (Å²) < 4.78 is 31.2. The summed E-state index contributed by atoms with van der Waals surface area (Å²) in [5, 5.41) is 0. The second-order valence-electron chi connectivity index (χ2n) is 11.3. The highest BCUT2D eigenvalue weighted by atomic mass is 79.9. The topological polar surface area (TPSA) is 77.5 Å². The van der Waals surface area contributed by atoms with Crippen LogP contribution in [0.1, 0.15) is 65.2 Å². The van der Waals surface area contributed by atoms with Gasteiger partial charge in [-0.2, -0.15) is 8.42 Å². The fourth-order valence-corrected chi connectivity index (χ4v) is 9.13. The number of hydrogen-bond acceptors (Lipinski definition) is 5. The van der Waals surface area contributed by atoms with Crippen molar-refractivity contribution in [1.82, 2.24) is 0 Å². The van der Waals surface area contributed by atoms with Crippen LogP contribution in [-0.2, 0) is 23.9 Å². The summed E-state index contributed by atoms with van der Waals surface area (Å²) >= 11 is 3.30. The Hall–Kier alpha value is -1.31. The van der Waals surface area contributed by atoms with Gasteiger partial charge in [-0.05, 0) is 104 Å². The molecule has 34 heavy (non-hydrogen) atoms. The van der Waals surface area contributed by atoms with Crippen LogP contribution in [0.15, 0.2) is 45.3 Å². The van der Waals surface area contributed by atoms with Crippen LogP contribution in [0.5, 0.6) is 0 Å². The molecule has 0 aromatic heterocycles. The van der Waals surface area contributed by atoms with Crippen molar-refractivity contribution in [3.8, 4) is 0 Å². The summed E-state index contributed by atoms with van der Waals surface area (Å²) in [6.45, 7) is 4.22. The first-order valence-electron chi connectivity index (χ1n) is 12.5. The van der Waals surface area contributed by atoms with Crippen LogP contribution < -0.4 is 0 Å². The Morgan fingerprint density at radius 3 is 2.50 bits per heavy atom. The van der Waals surface area contributed by atoms with Crippen LogP contribution in [0.4, 0.5) is 0 Å². The van der Waals surface area contributed by atoms with Gasteiger partial charge in [0.1, 0.15) is 6.61 Å². The maximum absolute atomic E-state index is 13.3. The summed E-state index contributed by atoms with van der Waals surface area (Å²) in [6.07, 6.45) is 9.48. The monoisotopic (exact) mass is 548 g/mol. The van der Waals surface area contributed by atoms with Gasteiger partial charge in [-0.3, -0.25) is 13.8 Å². The summed E-state index contributed by atoms with van der Waals surface area (Å²) in [6, 6.07) is 6.24. The second-order valence-corrected chi connectivity index (χ2v) is 13.8. The predicted molar refractivity (Wildman–Crippen MR) is 132 cm³/mol. The first-order chi connectivity index (χ1) is 16.0. The van der Waals surface area contributed by atoms with E-state index in [4.69, 9.17) is 4.18 Å². The molecule has 0 amide bonds. The lowest BCUT2D eigenvalue weighted by Gasteiger charge is -2.58. The third-order valence-corrected chi connectivity index (χ3v) is 11.6. The molecule has 1 aromatic carbocycles. The number of fused-ring (bicyclic) bond motifs is 5. The van der Waals surface area contributed by atoms with Crippen LogP contribution in [0.3, 0.4) is 0 Å². The highest BCUT2D eigenvalue weighted by molar-refractivity contribution is 9.10. The maximum Gasteiger partial charge on any atom is 0.297 e. The van der Waals surface area contributed by atoms with Gasteiger partial charge in [-0.15, -0.1) is 0 Å². The van der Waals surface area contributed by atoms with Crippen LogP contribution in [0.2, 0.25) is 0 Å². The molecule has 0 saturated heterocycles.